The van der Waals surface area contributed by atoms with Crippen LogP contribution in [0.1, 0.15) is 27.7 Å². The third-order valence-electron chi connectivity index (χ3n) is 6.10. The van der Waals surface area contributed by atoms with Crippen molar-refractivity contribution in [1.29, 1.82) is 0 Å². The predicted octanol–water partition coefficient (Wildman–Crippen LogP) is 8.15. The summed E-state index contributed by atoms with van der Waals surface area (Å²) in [6, 6.07) is 2.18. The molecule has 0 saturated carbocycles. The summed E-state index contributed by atoms with van der Waals surface area (Å²) in [5, 5.41) is 11.0. The van der Waals surface area contributed by atoms with E-state index in [4.69, 9.17) is 13.3 Å². The zero-order valence-electron chi connectivity index (χ0n) is 22.7. The maximum atomic E-state index is 6.58. The molecule has 0 amide bonds. The van der Waals surface area contributed by atoms with Crippen molar-refractivity contribution in [2.75, 3.05) is 19.8 Å². The quantitative estimate of drug-likeness (QED) is 0.137. The van der Waals surface area contributed by atoms with E-state index in [0.717, 1.165) is 12.1 Å². The van der Waals surface area contributed by atoms with E-state index in [9.17, 15) is 0 Å². The van der Waals surface area contributed by atoms with Crippen molar-refractivity contribution >= 4 is 25.0 Å². The molecule has 1 rings (SSSR count). The summed E-state index contributed by atoms with van der Waals surface area (Å²) in [4.78, 5) is 0. The van der Waals surface area contributed by atoms with E-state index in [0.29, 0.717) is 19.8 Å². The van der Waals surface area contributed by atoms with Crippen LogP contribution in [0.3, 0.4) is 0 Å². The van der Waals surface area contributed by atoms with Crippen molar-refractivity contribution in [2.24, 2.45) is 0 Å². The van der Waals surface area contributed by atoms with E-state index in [1.54, 1.807) is 14.4 Å². The van der Waals surface area contributed by atoms with Crippen LogP contribution < -0.4 is 0 Å². The molecule has 190 valence electrons. The van der Waals surface area contributed by atoms with Gasteiger partial charge in [0.15, 0.2) is 0 Å². The fourth-order valence-electron chi connectivity index (χ4n) is 5.11. The summed E-state index contributed by atoms with van der Waals surface area (Å²) in [6.45, 7) is 28.8. The number of hydrogen-bond acceptors (Lipinski definition) is 3. The van der Waals surface area contributed by atoms with Gasteiger partial charge in [0.1, 0.15) is 0 Å². The van der Waals surface area contributed by atoms with Crippen molar-refractivity contribution in [1.82, 2.24) is 0 Å². The van der Waals surface area contributed by atoms with E-state index >= 15 is 0 Å². The summed E-state index contributed by atoms with van der Waals surface area (Å²) in [5.41, 5.74) is 1.65. The molecule has 0 heterocycles. The van der Waals surface area contributed by atoms with Crippen molar-refractivity contribution in [3.8, 4) is 0 Å². The fraction of sp³-hybridized carbons (Fsp3) is 0.680. The molecule has 1 aliphatic rings. The number of allylic oxidation sites excluding steroid dienone is 6. The van der Waals surface area contributed by atoms with E-state index in [2.05, 4.69) is 95.1 Å². The Balaban J connectivity index is 4.18. The molecule has 0 N–H and O–H groups in total. The third-order valence-corrected chi connectivity index (χ3v) is 22.4. The zero-order chi connectivity index (χ0) is 25.0. The Morgan fingerprint density at radius 3 is 1.47 bits per heavy atom. The van der Waals surface area contributed by atoms with Gasteiger partial charge in [-0.2, -0.15) is 0 Å². The van der Waals surface area contributed by atoms with E-state index in [1.807, 2.05) is 0 Å². The summed E-state index contributed by atoms with van der Waals surface area (Å²) in [6.07, 6.45) is 4.28. The van der Waals surface area contributed by atoms with Crippen LogP contribution in [0.2, 0.25) is 59.8 Å². The third kappa shape index (κ3) is 6.24. The van der Waals surface area contributed by atoms with Crippen LogP contribution in [0.4, 0.5) is 0 Å². The SMILES string of the molecule is C=CC[Si](C)(C)C1=C(C)C([Si](OCC)(OCC)OCC)[C]([Pt]([CH3])([CH3])[CH3])=C1[Si](C)(C)CC=C. The van der Waals surface area contributed by atoms with E-state index in [1.165, 1.54) is 5.57 Å². The van der Waals surface area contributed by atoms with Gasteiger partial charge in [0.2, 0.25) is 0 Å². The van der Waals surface area contributed by atoms with Crippen molar-refractivity contribution < 1.29 is 29.3 Å². The first-order chi connectivity index (χ1) is 14.7. The van der Waals surface area contributed by atoms with Crippen molar-refractivity contribution in [3.63, 3.8) is 0 Å². The molecule has 1 unspecified atom stereocenters. The zero-order valence-corrected chi connectivity index (χ0v) is 28.0. The first kappa shape index (κ1) is 30.2. The molecule has 0 bridgehead atoms. The Morgan fingerprint density at radius 2 is 1.16 bits per heavy atom. The molecule has 0 aromatic heterocycles. The summed E-state index contributed by atoms with van der Waals surface area (Å²) in [7, 11) is -6.49. The number of hydrogen-bond donors (Lipinski definition) is 0. The molecule has 0 aromatic rings. The molecular weight excluding hydrogens is 628 g/mol. The molecule has 7 heteroatoms. The second-order valence-electron chi connectivity index (χ2n) is 10.3. The van der Waals surface area contributed by atoms with Crippen molar-refractivity contribution in [2.45, 2.75) is 87.5 Å². The molecule has 3 nitrogen and oxygen atoms in total. The standard InChI is InChI=1S/C22H41O3Si3.3CH3.Pt/c1-11-16-26(7,8)21-18-20(19(6)22(21)27(9,10)17-12-2)28(23-13-3,24-14-4)25-15-5;;;;/h11-12,20H,1-2,13-17H2,3-10H3;3*1H3;. The van der Waals surface area contributed by atoms with E-state index < -0.39 is 41.0 Å². The van der Waals surface area contributed by atoms with Gasteiger partial charge in [-0.05, 0) is 0 Å². The Labute approximate surface area is 206 Å². The van der Waals surface area contributed by atoms with Gasteiger partial charge in [0.05, 0.1) is 0 Å². The summed E-state index contributed by atoms with van der Waals surface area (Å²) >= 11 is -2.26. The molecule has 0 aromatic carbocycles. The molecule has 1 atom stereocenters. The molecule has 32 heavy (non-hydrogen) atoms. The van der Waals surface area contributed by atoms with Gasteiger partial charge in [-0.3, -0.25) is 0 Å². The van der Waals surface area contributed by atoms with Gasteiger partial charge < -0.3 is 0 Å². The Kier molecular flexibility index (Phi) is 11.1. The van der Waals surface area contributed by atoms with Crippen LogP contribution in [-0.4, -0.2) is 44.8 Å². The van der Waals surface area contributed by atoms with Crippen LogP contribution in [0, 0.1) is 0 Å². The molecule has 0 radical (unpaired) electrons. The van der Waals surface area contributed by atoms with Gasteiger partial charge in [-0.25, -0.2) is 0 Å². The van der Waals surface area contributed by atoms with Crippen LogP contribution in [0.15, 0.2) is 45.2 Å². The van der Waals surface area contributed by atoms with Crippen LogP contribution in [0.5, 0.6) is 0 Å². The molecule has 0 saturated heterocycles. The first-order valence-electron chi connectivity index (χ1n) is 11.7. The van der Waals surface area contributed by atoms with Crippen LogP contribution in [-0.2, 0) is 29.3 Å². The molecule has 1 aliphatic carbocycles. The second kappa shape index (κ2) is 11.7. The molecule has 0 fully saturated rings. The van der Waals surface area contributed by atoms with Crippen LogP contribution in [0.25, 0.3) is 0 Å². The Bertz CT molecular complexity index is 731. The normalized spacial score (nSPS) is 19.0. The van der Waals surface area contributed by atoms with Gasteiger partial charge in [0, 0.05) is 0 Å². The topological polar surface area (TPSA) is 27.7 Å². The summed E-state index contributed by atoms with van der Waals surface area (Å²) < 4.78 is 21.4. The first-order valence-corrected chi connectivity index (χ1v) is 27.8. The Hall–Kier alpha value is 0.179. The van der Waals surface area contributed by atoms with Crippen LogP contribution >= 0.6 is 0 Å². The van der Waals surface area contributed by atoms with Gasteiger partial charge in [-0.1, -0.05) is 0 Å². The molecular formula is C25H50O3PtSi3. The van der Waals surface area contributed by atoms with Gasteiger partial charge in [0.25, 0.3) is 0 Å². The molecule has 0 spiro atoms. The Morgan fingerprint density at radius 1 is 0.781 bits per heavy atom. The fourth-order valence-corrected chi connectivity index (χ4v) is 28.4. The maximum absolute atomic E-state index is 6.58. The van der Waals surface area contributed by atoms with Gasteiger partial charge in [-0.15, -0.1) is 0 Å². The predicted molar refractivity (Wildman–Crippen MR) is 147 cm³/mol. The second-order valence-corrected chi connectivity index (χ2v) is 33.7. The number of rotatable bonds is 14. The average Bonchev–Trinajstić information content (AvgIpc) is 2.98. The monoisotopic (exact) mass is 677 g/mol. The summed E-state index contributed by atoms with van der Waals surface area (Å²) in [5.74, 6) is 0. The van der Waals surface area contributed by atoms with Crippen molar-refractivity contribution in [3.05, 3.63) is 45.2 Å². The van der Waals surface area contributed by atoms with Gasteiger partial charge >= 0.3 is 207 Å². The minimum atomic E-state index is -2.96. The van der Waals surface area contributed by atoms with E-state index in [-0.39, 0.29) is 5.54 Å². The average molecular weight is 678 g/mol. The molecule has 0 aliphatic heterocycles. The minimum absolute atomic E-state index is 0.164.